The first-order chi connectivity index (χ1) is 15.4. The lowest BCUT2D eigenvalue weighted by Gasteiger charge is -2.28. The maximum Gasteiger partial charge on any atom is 0.309 e. The Hall–Kier alpha value is -3.77. The fraction of sp³-hybridized carbons (Fsp3) is 0.304. The van der Waals surface area contributed by atoms with Gasteiger partial charge >= 0.3 is 6.08 Å². The molecule has 0 atom stereocenters. The monoisotopic (exact) mass is 431 g/mol. The van der Waals surface area contributed by atoms with Gasteiger partial charge in [0.05, 0.1) is 17.5 Å². The third kappa shape index (κ3) is 5.10. The summed E-state index contributed by atoms with van der Waals surface area (Å²) < 4.78 is 13.7. The molecule has 2 aromatic heterocycles. The van der Waals surface area contributed by atoms with E-state index >= 15 is 0 Å². The van der Waals surface area contributed by atoms with Crippen LogP contribution in [0, 0.1) is 17.4 Å². The average molecular weight is 431 g/mol. The Kier molecular flexibility index (Phi) is 6.14. The van der Waals surface area contributed by atoms with Crippen LogP contribution in [0.15, 0.2) is 47.7 Å². The Labute approximate surface area is 185 Å². The summed E-state index contributed by atoms with van der Waals surface area (Å²) in [6.45, 7) is 2.08. The van der Waals surface area contributed by atoms with Crippen LogP contribution in [-0.4, -0.2) is 36.4 Å². The van der Waals surface area contributed by atoms with Crippen molar-refractivity contribution < 1.29 is 9.50 Å². The van der Waals surface area contributed by atoms with Gasteiger partial charge in [-0.1, -0.05) is 30.3 Å². The zero-order valence-electron chi connectivity index (χ0n) is 17.6. The van der Waals surface area contributed by atoms with Crippen molar-refractivity contribution in [1.82, 2.24) is 19.9 Å². The van der Waals surface area contributed by atoms with E-state index in [1.54, 1.807) is 0 Å². The molecule has 0 unspecified atom stereocenters. The van der Waals surface area contributed by atoms with E-state index in [4.69, 9.17) is 0 Å². The highest BCUT2D eigenvalue weighted by atomic mass is 19.1. The van der Waals surface area contributed by atoms with Gasteiger partial charge in [0.1, 0.15) is 11.6 Å². The second-order valence-corrected chi connectivity index (χ2v) is 7.95. The summed E-state index contributed by atoms with van der Waals surface area (Å²) in [5.74, 6) is 0.578. The number of aromatic nitrogens is 4. The lowest BCUT2D eigenvalue weighted by molar-refractivity contribution is 0.0399. The Morgan fingerprint density at radius 2 is 1.91 bits per heavy atom. The van der Waals surface area contributed by atoms with E-state index < -0.39 is 11.7 Å². The summed E-state index contributed by atoms with van der Waals surface area (Å²) in [4.78, 5) is 20.8. The Morgan fingerprint density at radius 3 is 2.62 bits per heavy atom. The highest BCUT2D eigenvalue weighted by Crippen LogP contribution is 2.28. The molecule has 162 valence electrons. The maximum absolute atomic E-state index is 13.7. The molecule has 0 saturated heterocycles. The quantitative estimate of drug-likeness (QED) is 0.587. The second-order valence-electron chi connectivity index (χ2n) is 7.95. The maximum atomic E-state index is 13.7. The number of nitrogens with one attached hydrogen (secondary N) is 1. The predicted octanol–water partition coefficient (Wildman–Crippen LogP) is 3.95. The van der Waals surface area contributed by atoms with Gasteiger partial charge in [-0.2, -0.15) is 14.6 Å². The Morgan fingerprint density at radius 1 is 1.16 bits per heavy atom. The smallest absolute Gasteiger partial charge is 0.309 e. The summed E-state index contributed by atoms with van der Waals surface area (Å²) in [5.41, 5.74) is 2.42. The minimum Gasteiger partial charge on any atom is -0.390 e. The first-order valence-corrected chi connectivity index (χ1v) is 10.3. The minimum absolute atomic E-state index is 0.259. The van der Waals surface area contributed by atoms with E-state index in [0.29, 0.717) is 42.8 Å². The summed E-state index contributed by atoms with van der Waals surface area (Å²) in [6.07, 6.45) is 4.60. The van der Waals surface area contributed by atoms with E-state index in [2.05, 4.69) is 36.3 Å². The average Bonchev–Trinajstić information content (AvgIpc) is 2.80. The van der Waals surface area contributed by atoms with Crippen LogP contribution in [0.3, 0.4) is 0 Å². The van der Waals surface area contributed by atoms with Gasteiger partial charge in [-0.3, -0.25) is 0 Å². The number of benzene rings is 1. The fourth-order valence-electron chi connectivity index (χ4n) is 3.50. The van der Waals surface area contributed by atoms with Gasteiger partial charge in [-0.25, -0.2) is 19.9 Å². The van der Waals surface area contributed by atoms with Crippen LogP contribution >= 0.6 is 0 Å². The van der Waals surface area contributed by atoms with Crippen LogP contribution in [0.4, 0.5) is 16.2 Å². The van der Waals surface area contributed by atoms with Crippen molar-refractivity contribution in [2.24, 2.45) is 4.99 Å². The molecular formula is C23H22FN7O. The van der Waals surface area contributed by atoms with Crippen LogP contribution in [-0.2, 0) is 6.54 Å². The normalized spacial score (nSPS) is 18.1. The van der Waals surface area contributed by atoms with Crippen molar-refractivity contribution in [1.29, 1.82) is 5.26 Å². The van der Waals surface area contributed by atoms with Gasteiger partial charge in [0.2, 0.25) is 5.95 Å². The highest BCUT2D eigenvalue weighted by Gasteiger charge is 2.26. The van der Waals surface area contributed by atoms with E-state index in [9.17, 15) is 14.8 Å². The van der Waals surface area contributed by atoms with Crippen molar-refractivity contribution in [3.05, 3.63) is 59.9 Å². The van der Waals surface area contributed by atoms with Crippen molar-refractivity contribution in [2.45, 2.75) is 44.8 Å². The zero-order chi connectivity index (χ0) is 22.6. The zero-order valence-corrected chi connectivity index (χ0v) is 17.6. The van der Waals surface area contributed by atoms with E-state index in [1.165, 1.54) is 12.4 Å². The van der Waals surface area contributed by atoms with Gasteiger partial charge in [0, 0.05) is 29.6 Å². The SMILES string of the molecule is CC1(O)CCC(=Nc2nc(NCc3cnc(F)nc3-c3ccccc3)ncc2C#N)CC1. The molecule has 4 rings (SSSR count). The van der Waals surface area contributed by atoms with E-state index in [1.807, 2.05) is 37.3 Å². The molecule has 32 heavy (non-hydrogen) atoms. The van der Waals surface area contributed by atoms with Crippen LogP contribution in [0.1, 0.15) is 43.7 Å². The number of hydrogen-bond donors (Lipinski definition) is 2. The standard InChI is InChI=1S/C23H22FN7O/c1-23(32)9-7-18(8-10-23)29-20-16(11-25)12-27-22(31-20)28-14-17-13-26-21(24)30-19(17)15-5-3-2-4-6-15/h2-6,12-13,32H,7-10,14H2,1H3,(H,27,28,31). The van der Waals surface area contributed by atoms with Crippen molar-refractivity contribution >= 4 is 17.5 Å². The number of nitriles is 1. The van der Waals surface area contributed by atoms with Gasteiger partial charge in [-0.15, -0.1) is 0 Å². The molecule has 1 aromatic carbocycles. The minimum atomic E-state index is -0.799. The number of aliphatic hydroxyl groups is 1. The molecule has 1 aliphatic rings. The molecule has 8 nitrogen and oxygen atoms in total. The largest absolute Gasteiger partial charge is 0.390 e. The molecular weight excluding hydrogens is 409 g/mol. The van der Waals surface area contributed by atoms with Crippen LogP contribution in [0.5, 0.6) is 0 Å². The molecule has 1 fully saturated rings. The molecule has 0 bridgehead atoms. The van der Waals surface area contributed by atoms with Crippen LogP contribution < -0.4 is 5.32 Å². The molecule has 3 aromatic rings. The number of nitrogens with zero attached hydrogens (tertiary/aromatic N) is 6. The molecule has 0 spiro atoms. The first kappa shape index (κ1) is 21.5. The third-order valence-electron chi connectivity index (χ3n) is 5.38. The topological polar surface area (TPSA) is 120 Å². The van der Waals surface area contributed by atoms with E-state index in [0.717, 1.165) is 11.3 Å². The van der Waals surface area contributed by atoms with Gasteiger partial charge in [0.15, 0.2) is 5.82 Å². The van der Waals surface area contributed by atoms with Crippen LogP contribution in [0.2, 0.25) is 0 Å². The van der Waals surface area contributed by atoms with Gasteiger partial charge < -0.3 is 10.4 Å². The molecule has 2 heterocycles. The number of hydrogen-bond acceptors (Lipinski definition) is 8. The number of aliphatic imine (C=N–C) groups is 1. The highest BCUT2D eigenvalue weighted by molar-refractivity contribution is 5.88. The summed E-state index contributed by atoms with van der Waals surface area (Å²) in [6, 6.07) is 11.3. The summed E-state index contributed by atoms with van der Waals surface area (Å²) >= 11 is 0. The Bertz CT molecular complexity index is 1180. The lowest BCUT2D eigenvalue weighted by atomic mass is 9.85. The number of rotatable bonds is 5. The number of anilines is 1. The fourth-order valence-corrected chi connectivity index (χ4v) is 3.50. The molecule has 0 aliphatic heterocycles. The number of halogens is 1. The molecule has 1 saturated carbocycles. The first-order valence-electron chi connectivity index (χ1n) is 10.3. The van der Waals surface area contributed by atoms with Gasteiger partial charge in [-0.05, 0) is 32.6 Å². The van der Waals surface area contributed by atoms with Crippen molar-refractivity contribution in [2.75, 3.05) is 5.32 Å². The lowest BCUT2D eigenvalue weighted by Crippen LogP contribution is -2.30. The molecule has 1 aliphatic carbocycles. The predicted molar refractivity (Wildman–Crippen MR) is 118 cm³/mol. The van der Waals surface area contributed by atoms with Crippen molar-refractivity contribution in [3.8, 4) is 17.3 Å². The van der Waals surface area contributed by atoms with E-state index in [-0.39, 0.29) is 18.1 Å². The molecule has 2 N–H and O–H groups in total. The Balaban J connectivity index is 1.55. The van der Waals surface area contributed by atoms with Crippen LogP contribution in [0.25, 0.3) is 11.3 Å². The third-order valence-corrected chi connectivity index (χ3v) is 5.38. The van der Waals surface area contributed by atoms with Crippen molar-refractivity contribution in [3.63, 3.8) is 0 Å². The van der Waals surface area contributed by atoms with Gasteiger partial charge in [0.25, 0.3) is 0 Å². The molecule has 0 amide bonds. The molecule has 9 heteroatoms. The molecule has 0 radical (unpaired) electrons. The summed E-state index contributed by atoms with van der Waals surface area (Å²) in [7, 11) is 0. The second kappa shape index (κ2) is 9.16. The summed E-state index contributed by atoms with van der Waals surface area (Å²) in [5, 5.41) is 22.6.